The van der Waals surface area contributed by atoms with Crippen molar-refractivity contribution < 1.29 is 18.9 Å². The highest BCUT2D eigenvalue weighted by atomic mass is 16.7. The Kier molecular flexibility index (Phi) is 8.96. The number of terminal acetylenes is 2. The minimum Gasteiger partial charge on any atom is -0.353 e. The van der Waals surface area contributed by atoms with Crippen molar-refractivity contribution in [1.82, 2.24) is 0 Å². The average Bonchev–Trinajstić information content (AvgIpc) is 2.92. The molecule has 1 heterocycles. The third-order valence-corrected chi connectivity index (χ3v) is 5.56. The third-order valence-electron chi connectivity index (χ3n) is 5.56. The van der Waals surface area contributed by atoms with E-state index in [1.807, 2.05) is 60.7 Å². The summed E-state index contributed by atoms with van der Waals surface area (Å²) >= 11 is 0. The third kappa shape index (κ3) is 5.90. The highest BCUT2D eigenvalue weighted by Crippen LogP contribution is 2.25. The minimum absolute atomic E-state index is 0.415. The minimum atomic E-state index is -1.25. The summed E-state index contributed by atoms with van der Waals surface area (Å²) in [5.41, 5.74) is -1.01. The van der Waals surface area contributed by atoms with Crippen LogP contribution in [-0.4, -0.2) is 33.2 Å². The summed E-state index contributed by atoms with van der Waals surface area (Å²) in [6.45, 7) is 0.630. The van der Waals surface area contributed by atoms with Gasteiger partial charge < -0.3 is 18.9 Å². The molecule has 0 bridgehead atoms. The Labute approximate surface area is 203 Å². The van der Waals surface area contributed by atoms with Gasteiger partial charge in [0.2, 0.25) is 11.2 Å². The van der Waals surface area contributed by atoms with Crippen LogP contribution in [0.1, 0.15) is 30.4 Å². The van der Waals surface area contributed by atoms with Gasteiger partial charge in [0.25, 0.3) is 0 Å². The smallest absolute Gasteiger partial charge is 0.216 e. The first kappa shape index (κ1) is 25.1. The second-order valence-electron chi connectivity index (χ2n) is 7.64. The molecule has 0 radical (unpaired) electrons. The molecule has 34 heavy (non-hydrogen) atoms. The van der Waals surface area contributed by atoms with Crippen molar-refractivity contribution in [2.24, 2.45) is 0 Å². The van der Waals surface area contributed by atoms with E-state index < -0.39 is 23.6 Å². The van der Waals surface area contributed by atoms with Gasteiger partial charge in [-0.15, -0.1) is 12.8 Å². The Morgan fingerprint density at radius 2 is 1.32 bits per heavy atom. The Bertz CT molecular complexity index is 1050. The average molecular weight is 453 g/mol. The molecule has 2 aromatic rings. The summed E-state index contributed by atoms with van der Waals surface area (Å²) in [5, 5.41) is 0. The van der Waals surface area contributed by atoms with Gasteiger partial charge in [-0.3, -0.25) is 0 Å². The van der Waals surface area contributed by atoms with Gasteiger partial charge in [0.1, 0.15) is 0 Å². The van der Waals surface area contributed by atoms with Crippen LogP contribution in [0.2, 0.25) is 0 Å². The fourth-order valence-corrected chi connectivity index (χ4v) is 3.59. The number of benzene rings is 2. The van der Waals surface area contributed by atoms with Crippen LogP contribution >= 0.6 is 0 Å². The molecule has 0 aromatic heterocycles. The number of rotatable bonds is 6. The van der Waals surface area contributed by atoms with E-state index >= 15 is 0 Å². The van der Waals surface area contributed by atoms with E-state index in [1.54, 1.807) is 0 Å². The maximum atomic E-state index is 6.11. The first-order valence-electron chi connectivity index (χ1n) is 11.1. The maximum Gasteiger partial charge on any atom is 0.216 e. The predicted octanol–water partition coefficient (Wildman–Crippen LogP) is 4.26. The van der Waals surface area contributed by atoms with Gasteiger partial charge in [-0.25, -0.2) is 0 Å². The summed E-state index contributed by atoms with van der Waals surface area (Å²) in [5.74, 6) is 17.6. The molecule has 3 atom stereocenters. The Hall–Kier alpha value is -3.48. The SMILES string of the molecule is C#CC(C#CC(C#CC(C#C)(OC)c1ccccc1)OC1CCCCO1)(OC)c1ccccc1. The summed E-state index contributed by atoms with van der Waals surface area (Å²) < 4.78 is 23.2. The normalized spacial score (nSPS) is 19.4. The quantitative estimate of drug-likeness (QED) is 0.614. The molecule has 4 heteroatoms. The molecule has 0 N–H and O–H groups in total. The van der Waals surface area contributed by atoms with E-state index in [0.717, 1.165) is 30.4 Å². The maximum absolute atomic E-state index is 6.11. The Morgan fingerprint density at radius 1 is 0.824 bits per heavy atom. The molecule has 0 aliphatic carbocycles. The van der Waals surface area contributed by atoms with Gasteiger partial charge in [-0.2, -0.15) is 0 Å². The standard InChI is InChI=1S/C30H28O4/c1-5-29(31-3,25-15-9-7-10-16-25)22-20-27(34-28-19-13-14-24-33-28)21-23-30(6-2,32-4)26-17-11-8-12-18-26/h1-2,7-12,15-18,27-28H,13-14,19,24H2,3-4H3. The van der Waals surface area contributed by atoms with Gasteiger partial charge in [0.05, 0.1) is 0 Å². The van der Waals surface area contributed by atoms with Crippen molar-refractivity contribution in [3.63, 3.8) is 0 Å². The van der Waals surface area contributed by atoms with E-state index in [0.29, 0.717) is 6.61 Å². The number of ether oxygens (including phenoxy) is 4. The summed E-state index contributed by atoms with van der Waals surface area (Å²) in [4.78, 5) is 0. The zero-order valence-corrected chi connectivity index (χ0v) is 19.5. The van der Waals surface area contributed by atoms with E-state index in [2.05, 4.69) is 35.5 Å². The molecule has 2 aromatic carbocycles. The lowest BCUT2D eigenvalue weighted by Crippen LogP contribution is -2.29. The molecule has 172 valence electrons. The molecule has 0 saturated carbocycles. The molecule has 0 spiro atoms. The van der Waals surface area contributed by atoms with Gasteiger partial charge in [-0.1, -0.05) is 84.3 Å². The summed E-state index contributed by atoms with van der Waals surface area (Å²) in [6.07, 6.45) is 13.2. The van der Waals surface area contributed by atoms with Crippen molar-refractivity contribution in [3.8, 4) is 48.4 Å². The fraction of sp³-hybridized carbons (Fsp3) is 0.333. The lowest BCUT2D eigenvalue weighted by atomic mass is 9.94. The van der Waals surface area contributed by atoms with E-state index in [1.165, 1.54) is 14.2 Å². The molecular formula is C30H28O4. The van der Waals surface area contributed by atoms with Crippen LogP contribution in [0.15, 0.2) is 60.7 Å². The van der Waals surface area contributed by atoms with Crippen LogP contribution in [0.5, 0.6) is 0 Å². The molecule has 3 rings (SSSR count). The lowest BCUT2D eigenvalue weighted by molar-refractivity contribution is -0.166. The molecular weight excluding hydrogens is 424 g/mol. The van der Waals surface area contributed by atoms with E-state index in [-0.39, 0.29) is 0 Å². The van der Waals surface area contributed by atoms with Gasteiger partial charge in [-0.05, 0) is 31.1 Å². The molecule has 1 fully saturated rings. The molecule has 1 aliphatic rings. The largest absolute Gasteiger partial charge is 0.353 e. The zero-order chi connectivity index (χ0) is 24.3. The van der Waals surface area contributed by atoms with E-state index in [9.17, 15) is 0 Å². The van der Waals surface area contributed by atoms with Crippen LogP contribution in [0.25, 0.3) is 0 Å². The second kappa shape index (κ2) is 12.1. The fourth-order valence-electron chi connectivity index (χ4n) is 3.59. The number of methoxy groups -OCH3 is 2. The van der Waals surface area contributed by atoms with Gasteiger partial charge in [0, 0.05) is 32.0 Å². The zero-order valence-electron chi connectivity index (χ0n) is 19.5. The van der Waals surface area contributed by atoms with E-state index in [4.69, 9.17) is 31.8 Å². The summed E-state index contributed by atoms with van der Waals surface area (Å²) in [6, 6.07) is 18.8. The van der Waals surface area contributed by atoms with Crippen molar-refractivity contribution in [1.29, 1.82) is 0 Å². The lowest BCUT2D eigenvalue weighted by Gasteiger charge is -2.25. The van der Waals surface area contributed by atoms with Crippen molar-refractivity contribution in [2.75, 3.05) is 20.8 Å². The van der Waals surface area contributed by atoms with Crippen LogP contribution in [0.4, 0.5) is 0 Å². The number of hydrogen-bond donors (Lipinski definition) is 0. The monoisotopic (exact) mass is 452 g/mol. The first-order valence-corrected chi connectivity index (χ1v) is 11.1. The van der Waals surface area contributed by atoms with Crippen molar-refractivity contribution >= 4 is 0 Å². The molecule has 4 nitrogen and oxygen atoms in total. The highest BCUT2D eigenvalue weighted by Gasteiger charge is 2.29. The first-order chi connectivity index (χ1) is 16.6. The van der Waals surface area contributed by atoms with Gasteiger partial charge in [0.15, 0.2) is 12.4 Å². The predicted molar refractivity (Wildman–Crippen MR) is 132 cm³/mol. The van der Waals surface area contributed by atoms with Crippen molar-refractivity contribution in [2.45, 2.75) is 42.9 Å². The topological polar surface area (TPSA) is 36.9 Å². The number of hydrogen-bond acceptors (Lipinski definition) is 4. The molecule has 0 amide bonds. The van der Waals surface area contributed by atoms with Crippen LogP contribution in [-0.2, 0) is 30.1 Å². The van der Waals surface area contributed by atoms with Crippen LogP contribution < -0.4 is 0 Å². The van der Waals surface area contributed by atoms with Crippen LogP contribution in [0.3, 0.4) is 0 Å². The highest BCUT2D eigenvalue weighted by molar-refractivity contribution is 5.45. The van der Waals surface area contributed by atoms with Crippen molar-refractivity contribution in [3.05, 3.63) is 71.8 Å². The molecule has 1 saturated heterocycles. The molecule has 3 unspecified atom stereocenters. The summed E-state index contributed by atoms with van der Waals surface area (Å²) in [7, 11) is 3.05. The van der Waals surface area contributed by atoms with Crippen LogP contribution in [0, 0.1) is 48.4 Å². The molecule has 1 aliphatic heterocycles. The van der Waals surface area contributed by atoms with Gasteiger partial charge >= 0.3 is 0 Å². The Balaban J connectivity index is 2.01. The second-order valence-corrected chi connectivity index (χ2v) is 7.64. The Morgan fingerprint density at radius 3 is 1.71 bits per heavy atom.